The maximum Gasteiger partial charge on any atom is 0.358 e. The molecule has 0 bridgehead atoms. The lowest BCUT2D eigenvalue weighted by Gasteiger charge is -2.19. The van der Waals surface area contributed by atoms with E-state index in [9.17, 15) is 9.90 Å². The van der Waals surface area contributed by atoms with Crippen LogP contribution in [0.15, 0.2) is 12.4 Å². The van der Waals surface area contributed by atoms with Gasteiger partial charge in [0.15, 0.2) is 5.69 Å². The fourth-order valence-corrected chi connectivity index (χ4v) is 2.27. The van der Waals surface area contributed by atoms with Crippen LogP contribution in [-0.2, 0) is 4.74 Å². The third-order valence-electron chi connectivity index (χ3n) is 3.26. The van der Waals surface area contributed by atoms with Crippen molar-refractivity contribution < 1.29 is 14.6 Å². The van der Waals surface area contributed by atoms with Gasteiger partial charge in [-0.1, -0.05) is 6.42 Å². The van der Waals surface area contributed by atoms with E-state index in [0.29, 0.717) is 5.82 Å². The van der Waals surface area contributed by atoms with Crippen LogP contribution in [0.5, 0.6) is 0 Å². The molecular formula is C12H17N3O3. The minimum absolute atomic E-state index is 0.168. The molecule has 6 heteroatoms. The zero-order valence-corrected chi connectivity index (χ0v) is 10.3. The van der Waals surface area contributed by atoms with Gasteiger partial charge in [-0.2, -0.15) is 0 Å². The Kier molecular flexibility index (Phi) is 4.09. The second-order valence-corrected chi connectivity index (χ2v) is 4.41. The van der Waals surface area contributed by atoms with Crippen LogP contribution in [0.25, 0.3) is 0 Å². The number of aromatic nitrogens is 2. The van der Waals surface area contributed by atoms with Gasteiger partial charge in [0.05, 0.1) is 19.5 Å². The summed E-state index contributed by atoms with van der Waals surface area (Å²) in [5.41, 5.74) is 0.182. The number of hydrogen-bond donors (Lipinski definition) is 2. The summed E-state index contributed by atoms with van der Waals surface area (Å²) in [5.74, 6) is 0.285. The Hall–Kier alpha value is -1.69. The highest BCUT2D eigenvalue weighted by molar-refractivity contribution is 5.87. The van der Waals surface area contributed by atoms with Crippen molar-refractivity contribution in [1.82, 2.24) is 9.97 Å². The maximum absolute atomic E-state index is 11.3. The summed E-state index contributed by atoms with van der Waals surface area (Å²) >= 11 is 0. The van der Waals surface area contributed by atoms with Gasteiger partial charge >= 0.3 is 5.97 Å². The fraction of sp³-hybridized carbons (Fsp3) is 0.583. The predicted molar refractivity (Wildman–Crippen MR) is 65.2 cm³/mol. The van der Waals surface area contributed by atoms with E-state index in [-0.39, 0.29) is 24.3 Å². The Morgan fingerprint density at radius 3 is 3.11 bits per heavy atom. The molecule has 1 heterocycles. The smallest absolute Gasteiger partial charge is 0.358 e. The van der Waals surface area contributed by atoms with Gasteiger partial charge in [-0.3, -0.25) is 4.98 Å². The number of nitrogens with zero attached hydrogens (tertiary/aromatic N) is 2. The van der Waals surface area contributed by atoms with Crippen molar-refractivity contribution in [1.29, 1.82) is 0 Å². The number of esters is 1. The molecule has 0 spiro atoms. The minimum atomic E-state index is -0.503. The van der Waals surface area contributed by atoms with Crippen molar-refractivity contribution in [2.24, 2.45) is 5.92 Å². The number of nitrogens with one attached hydrogen (secondary N) is 1. The molecule has 0 saturated heterocycles. The number of ether oxygens (including phenoxy) is 1. The Morgan fingerprint density at radius 2 is 2.39 bits per heavy atom. The Balaban J connectivity index is 2.07. The molecule has 0 amide bonds. The van der Waals surface area contributed by atoms with Crippen molar-refractivity contribution in [2.75, 3.05) is 19.0 Å². The van der Waals surface area contributed by atoms with E-state index in [4.69, 9.17) is 0 Å². The van der Waals surface area contributed by atoms with Crippen LogP contribution in [0.4, 0.5) is 5.82 Å². The molecule has 2 rings (SSSR count). The van der Waals surface area contributed by atoms with Crippen LogP contribution in [0.1, 0.15) is 29.8 Å². The van der Waals surface area contributed by atoms with Gasteiger partial charge in [0, 0.05) is 18.6 Å². The minimum Gasteiger partial charge on any atom is -0.464 e. The summed E-state index contributed by atoms with van der Waals surface area (Å²) in [4.78, 5) is 19.4. The van der Waals surface area contributed by atoms with Crippen LogP contribution in [0.3, 0.4) is 0 Å². The first-order valence-electron chi connectivity index (χ1n) is 6.02. The van der Waals surface area contributed by atoms with E-state index < -0.39 is 5.97 Å². The van der Waals surface area contributed by atoms with Crippen LogP contribution in [0, 0.1) is 5.92 Å². The van der Waals surface area contributed by atoms with E-state index in [1.807, 2.05) is 0 Å². The molecule has 0 aromatic carbocycles. The Bertz CT molecular complexity index is 425. The molecule has 1 aromatic rings. The highest BCUT2D eigenvalue weighted by Crippen LogP contribution is 2.27. The van der Waals surface area contributed by atoms with Gasteiger partial charge in [0.1, 0.15) is 5.82 Å². The van der Waals surface area contributed by atoms with Crippen LogP contribution >= 0.6 is 0 Å². The van der Waals surface area contributed by atoms with Crippen LogP contribution in [-0.4, -0.2) is 40.8 Å². The quantitative estimate of drug-likeness (QED) is 0.771. The summed E-state index contributed by atoms with van der Waals surface area (Å²) in [5, 5.41) is 12.5. The fourth-order valence-electron chi connectivity index (χ4n) is 2.27. The Morgan fingerprint density at radius 1 is 1.56 bits per heavy atom. The van der Waals surface area contributed by atoms with Gasteiger partial charge in [-0.25, -0.2) is 9.78 Å². The molecule has 1 saturated carbocycles. The lowest BCUT2D eigenvalue weighted by Crippen LogP contribution is -2.27. The lowest BCUT2D eigenvalue weighted by atomic mass is 10.1. The van der Waals surface area contributed by atoms with Crippen molar-refractivity contribution in [3.8, 4) is 0 Å². The standard InChI is InChI=1S/C12H17N3O3/c1-18-12(17)10-5-13-6-11(15-10)14-9-4-2-3-8(9)7-16/h5-6,8-9,16H,2-4,7H2,1H3,(H,14,15). The third-order valence-corrected chi connectivity index (χ3v) is 3.26. The SMILES string of the molecule is COC(=O)c1cncc(NC2CCCC2CO)n1. The van der Waals surface area contributed by atoms with E-state index in [1.54, 1.807) is 6.20 Å². The number of aliphatic hydroxyl groups excluding tert-OH is 1. The van der Waals surface area contributed by atoms with Gasteiger partial charge in [-0.05, 0) is 12.8 Å². The largest absolute Gasteiger partial charge is 0.464 e. The molecule has 2 unspecified atom stereocenters. The summed E-state index contributed by atoms with van der Waals surface area (Å²) < 4.78 is 4.59. The van der Waals surface area contributed by atoms with Crippen molar-refractivity contribution in [3.05, 3.63) is 18.1 Å². The van der Waals surface area contributed by atoms with Crippen LogP contribution < -0.4 is 5.32 Å². The molecule has 2 atom stereocenters. The van der Waals surface area contributed by atoms with E-state index >= 15 is 0 Å². The summed E-state index contributed by atoms with van der Waals surface area (Å²) in [6.45, 7) is 0.168. The van der Waals surface area contributed by atoms with E-state index in [2.05, 4.69) is 20.0 Å². The maximum atomic E-state index is 11.3. The average molecular weight is 251 g/mol. The molecule has 0 radical (unpaired) electrons. The van der Waals surface area contributed by atoms with Crippen molar-refractivity contribution >= 4 is 11.8 Å². The summed E-state index contributed by atoms with van der Waals surface area (Å²) in [6, 6.07) is 0.192. The highest BCUT2D eigenvalue weighted by Gasteiger charge is 2.26. The first-order valence-corrected chi connectivity index (χ1v) is 6.02. The molecule has 1 aliphatic carbocycles. The highest BCUT2D eigenvalue weighted by atomic mass is 16.5. The van der Waals surface area contributed by atoms with Crippen molar-refractivity contribution in [2.45, 2.75) is 25.3 Å². The van der Waals surface area contributed by atoms with Gasteiger partial charge < -0.3 is 15.2 Å². The molecule has 1 aliphatic rings. The second kappa shape index (κ2) is 5.77. The van der Waals surface area contributed by atoms with Crippen molar-refractivity contribution in [3.63, 3.8) is 0 Å². The van der Waals surface area contributed by atoms with Gasteiger partial charge in [0.2, 0.25) is 0 Å². The normalized spacial score (nSPS) is 22.8. The predicted octanol–water partition coefficient (Wildman–Crippen LogP) is 0.836. The molecule has 6 nitrogen and oxygen atoms in total. The number of methoxy groups -OCH3 is 1. The molecule has 1 aromatic heterocycles. The number of hydrogen-bond acceptors (Lipinski definition) is 6. The van der Waals surface area contributed by atoms with Gasteiger partial charge in [0.25, 0.3) is 0 Å². The monoisotopic (exact) mass is 251 g/mol. The number of carbonyl (C=O) groups is 1. The first-order chi connectivity index (χ1) is 8.74. The van der Waals surface area contributed by atoms with Gasteiger partial charge in [-0.15, -0.1) is 0 Å². The number of carbonyl (C=O) groups excluding carboxylic acids is 1. The number of rotatable bonds is 4. The average Bonchev–Trinajstić information content (AvgIpc) is 2.85. The molecule has 2 N–H and O–H groups in total. The van der Waals surface area contributed by atoms with E-state index in [0.717, 1.165) is 19.3 Å². The molecule has 18 heavy (non-hydrogen) atoms. The summed E-state index contributed by atoms with van der Waals surface area (Å²) in [6.07, 6.45) is 6.04. The second-order valence-electron chi connectivity index (χ2n) is 4.41. The van der Waals surface area contributed by atoms with E-state index in [1.165, 1.54) is 13.3 Å². The lowest BCUT2D eigenvalue weighted by molar-refractivity contribution is 0.0593. The Labute approximate surface area is 105 Å². The molecule has 98 valence electrons. The summed E-state index contributed by atoms with van der Waals surface area (Å²) in [7, 11) is 1.31. The molecule has 1 fully saturated rings. The number of aliphatic hydroxyl groups is 1. The number of anilines is 1. The molecular weight excluding hydrogens is 234 g/mol. The third kappa shape index (κ3) is 2.76. The first kappa shape index (κ1) is 12.8. The zero-order chi connectivity index (χ0) is 13.0. The topological polar surface area (TPSA) is 84.3 Å². The molecule has 0 aliphatic heterocycles. The zero-order valence-electron chi connectivity index (χ0n) is 10.3. The van der Waals surface area contributed by atoms with Crippen LogP contribution in [0.2, 0.25) is 0 Å².